The molecular formula is C12H12N2O2S. The molecule has 0 spiro atoms. The van der Waals surface area contributed by atoms with Crippen LogP contribution in [0.1, 0.15) is 16.1 Å². The molecule has 0 saturated heterocycles. The molecule has 0 bridgehead atoms. The van der Waals surface area contributed by atoms with E-state index in [9.17, 15) is 4.79 Å². The summed E-state index contributed by atoms with van der Waals surface area (Å²) in [6, 6.07) is 7.81. The minimum atomic E-state index is -0.998. The fraction of sp³-hybridized carbons (Fsp3) is 0.167. The van der Waals surface area contributed by atoms with Gasteiger partial charge < -0.3 is 5.11 Å². The van der Waals surface area contributed by atoms with Crippen molar-refractivity contribution in [1.29, 1.82) is 0 Å². The zero-order valence-corrected chi connectivity index (χ0v) is 10.4. The van der Waals surface area contributed by atoms with Gasteiger partial charge in [-0.15, -0.1) is 11.8 Å². The third kappa shape index (κ3) is 2.34. The monoisotopic (exact) mass is 248 g/mol. The van der Waals surface area contributed by atoms with E-state index in [0.29, 0.717) is 5.56 Å². The minimum absolute atomic E-state index is 0.0968. The Balaban J connectivity index is 2.46. The van der Waals surface area contributed by atoms with Gasteiger partial charge in [-0.3, -0.25) is 0 Å². The molecule has 0 saturated carbocycles. The van der Waals surface area contributed by atoms with Crippen molar-refractivity contribution in [2.24, 2.45) is 0 Å². The molecule has 0 aliphatic heterocycles. The van der Waals surface area contributed by atoms with E-state index in [-0.39, 0.29) is 5.69 Å². The third-order valence-corrected chi connectivity index (χ3v) is 3.14. The molecule has 0 aliphatic rings. The van der Waals surface area contributed by atoms with Crippen molar-refractivity contribution < 1.29 is 9.90 Å². The lowest BCUT2D eigenvalue weighted by molar-refractivity contribution is 0.0689. The molecule has 0 aliphatic carbocycles. The van der Waals surface area contributed by atoms with Crippen LogP contribution in [0.15, 0.2) is 35.4 Å². The SMILES string of the molecule is CSc1cccc(-n2cc(C)c(C(=O)O)n2)c1. The first kappa shape index (κ1) is 11.7. The molecule has 0 radical (unpaired) electrons. The van der Waals surface area contributed by atoms with E-state index in [1.165, 1.54) is 0 Å². The number of hydrogen-bond acceptors (Lipinski definition) is 3. The number of carboxylic acids is 1. The van der Waals surface area contributed by atoms with Gasteiger partial charge in [-0.1, -0.05) is 6.07 Å². The molecule has 1 heterocycles. The Bertz CT molecular complexity index is 563. The smallest absolute Gasteiger partial charge is 0.356 e. The Labute approximate surface area is 103 Å². The minimum Gasteiger partial charge on any atom is -0.476 e. The molecule has 4 nitrogen and oxygen atoms in total. The number of nitrogens with zero attached hydrogens (tertiary/aromatic N) is 2. The molecule has 0 amide bonds. The van der Waals surface area contributed by atoms with E-state index < -0.39 is 5.97 Å². The predicted molar refractivity (Wildman–Crippen MR) is 67.0 cm³/mol. The topological polar surface area (TPSA) is 55.1 Å². The fourth-order valence-electron chi connectivity index (χ4n) is 1.56. The van der Waals surface area contributed by atoms with Crippen molar-refractivity contribution in [3.8, 4) is 5.69 Å². The van der Waals surface area contributed by atoms with E-state index in [2.05, 4.69) is 5.10 Å². The highest BCUT2D eigenvalue weighted by atomic mass is 32.2. The molecule has 17 heavy (non-hydrogen) atoms. The van der Waals surface area contributed by atoms with Crippen molar-refractivity contribution in [2.45, 2.75) is 11.8 Å². The van der Waals surface area contributed by atoms with Crippen LogP contribution in [0.5, 0.6) is 0 Å². The summed E-state index contributed by atoms with van der Waals surface area (Å²) < 4.78 is 1.60. The van der Waals surface area contributed by atoms with Gasteiger partial charge in [-0.2, -0.15) is 5.10 Å². The molecule has 5 heteroatoms. The third-order valence-electron chi connectivity index (χ3n) is 2.42. The fourth-order valence-corrected chi connectivity index (χ4v) is 2.01. The van der Waals surface area contributed by atoms with E-state index in [4.69, 9.17) is 5.11 Å². The van der Waals surface area contributed by atoms with Gasteiger partial charge >= 0.3 is 5.97 Å². The summed E-state index contributed by atoms with van der Waals surface area (Å²) in [6.07, 6.45) is 3.72. The van der Waals surface area contributed by atoms with Gasteiger partial charge in [0.15, 0.2) is 5.69 Å². The second-order valence-corrected chi connectivity index (χ2v) is 4.49. The van der Waals surface area contributed by atoms with Crippen molar-refractivity contribution >= 4 is 17.7 Å². The second kappa shape index (κ2) is 4.63. The average molecular weight is 248 g/mol. The number of aryl methyl sites for hydroxylation is 1. The standard InChI is InChI=1S/C12H12N2O2S/c1-8-7-14(13-11(8)12(15)16)9-4-3-5-10(6-9)17-2/h3-7H,1-2H3,(H,15,16). The van der Waals surface area contributed by atoms with E-state index in [0.717, 1.165) is 10.6 Å². The maximum absolute atomic E-state index is 10.9. The van der Waals surface area contributed by atoms with Gasteiger partial charge in [-0.25, -0.2) is 9.48 Å². The molecule has 2 rings (SSSR count). The van der Waals surface area contributed by atoms with Gasteiger partial charge in [0.25, 0.3) is 0 Å². The Kier molecular flexibility index (Phi) is 3.19. The van der Waals surface area contributed by atoms with Crippen molar-refractivity contribution in [1.82, 2.24) is 9.78 Å². The zero-order chi connectivity index (χ0) is 12.4. The molecule has 0 unspecified atom stereocenters. The number of aromatic nitrogens is 2. The number of rotatable bonds is 3. The lowest BCUT2D eigenvalue weighted by Gasteiger charge is -2.02. The maximum Gasteiger partial charge on any atom is 0.356 e. The quantitative estimate of drug-likeness (QED) is 0.848. The van der Waals surface area contributed by atoms with Crippen LogP contribution in [0.2, 0.25) is 0 Å². The van der Waals surface area contributed by atoms with Crippen LogP contribution < -0.4 is 0 Å². The summed E-state index contributed by atoms with van der Waals surface area (Å²) in [6.45, 7) is 1.74. The zero-order valence-electron chi connectivity index (χ0n) is 9.54. The van der Waals surface area contributed by atoms with Gasteiger partial charge in [0, 0.05) is 16.7 Å². The molecular weight excluding hydrogens is 236 g/mol. The number of aromatic carboxylic acids is 1. The Morgan fingerprint density at radius 2 is 2.24 bits per heavy atom. The molecule has 2 aromatic rings. The van der Waals surface area contributed by atoms with Crippen LogP contribution in [-0.4, -0.2) is 27.1 Å². The second-order valence-electron chi connectivity index (χ2n) is 3.61. The van der Waals surface area contributed by atoms with Crippen LogP contribution >= 0.6 is 11.8 Å². The van der Waals surface area contributed by atoms with E-state index >= 15 is 0 Å². The molecule has 0 atom stereocenters. The van der Waals surface area contributed by atoms with Crippen molar-refractivity contribution in [2.75, 3.05) is 6.26 Å². The van der Waals surface area contributed by atoms with E-state index in [1.807, 2.05) is 30.5 Å². The summed E-state index contributed by atoms with van der Waals surface area (Å²) in [5, 5.41) is 13.0. The molecule has 1 N–H and O–H groups in total. The lowest BCUT2D eigenvalue weighted by atomic mass is 10.3. The Hall–Kier alpha value is -1.75. The van der Waals surface area contributed by atoms with Crippen LogP contribution in [0.3, 0.4) is 0 Å². The van der Waals surface area contributed by atoms with Gasteiger partial charge in [0.2, 0.25) is 0 Å². The first-order valence-corrected chi connectivity index (χ1v) is 6.28. The number of carboxylic acid groups (broad SMARTS) is 1. The Morgan fingerprint density at radius 3 is 2.82 bits per heavy atom. The highest BCUT2D eigenvalue weighted by Crippen LogP contribution is 2.19. The summed E-state index contributed by atoms with van der Waals surface area (Å²) in [5.41, 5.74) is 1.62. The summed E-state index contributed by atoms with van der Waals surface area (Å²) in [7, 11) is 0. The lowest BCUT2D eigenvalue weighted by Crippen LogP contribution is -2.01. The van der Waals surface area contributed by atoms with Crippen molar-refractivity contribution in [3.63, 3.8) is 0 Å². The molecule has 88 valence electrons. The van der Waals surface area contributed by atoms with Gasteiger partial charge in [0.1, 0.15) is 0 Å². The van der Waals surface area contributed by atoms with Gasteiger partial charge in [0.05, 0.1) is 5.69 Å². The van der Waals surface area contributed by atoms with E-state index in [1.54, 1.807) is 29.6 Å². The first-order chi connectivity index (χ1) is 8.11. The number of benzene rings is 1. The molecule has 1 aromatic carbocycles. The molecule has 1 aromatic heterocycles. The highest BCUT2D eigenvalue weighted by Gasteiger charge is 2.12. The number of thioether (sulfide) groups is 1. The molecule has 0 fully saturated rings. The predicted octanol–water partition coefficient (Wildman–Crippen LogP) is 2.60. The van der Waals surface area contributed by atoms with Crippen LogP contribution in [0.4, 0.5) is 0 Å². The highest BCUT2D eigenvalue weighted by molar-refractivity contribution is 7.98. The summed E-state index contributed by atoms with van der Waals surface area (Å²) in [4.78, 5) is 12.0. The van der Waals surface area contributed by atoms with Crippen LogP contribution in [-0.2, 0) is 0 Å². The summed E-state index contributed by atoms with van der Waals surface area (Å²) in [5.74, 6) is -0.998. The maximum atomic E-state index is 10.9. The number of hydrogen-bond donors (Lipinski definition) is 1. The average Bonchev–Trinajstić information content (AvgIpc) is 2.71. The number of carbonyl (C=O) groups is 1. The van der Waals surface area contributed by atoms with Crippen molar-refractivity contribution in [3.05, 3.63) is 41.7 Å². The van der Waals surface area contributed by atoms with Gasteiger partial charge in [-0.05, 0) is 31.4 Å². The normalized spacial score (nSPS) is 10.5. The van der Waals surface area contributed by atoms with Crippen LogP contribution in [0.25, 0.3) is 5.69 Å². The summed E-state index contributed by atoms with van der Waals surface area (Å²) >= 11 is 1.64. The van der Waals surface area contributed by atoms with Crippen LogP contribution in [0, 0.1) is 6.92 Å². The first-order valence-electron chi connectivity index (χ1n) is 5.06. The Morgan fingerprint density at radius 1 is 1.47 bits per heavy atom. The largest absolute Gasteiger partial charge is 0.476 e.